The number of carbonyl (C=O) groups is 1. The SMILES string of the molecule is CN1CCC(OCc2ccc(-c3coc4ccc(C(N)=O)cc34)cc2)CC1. The fourth-order valence-electron chi connectivity index (χ4n) is 3.55. The lowest BCUT2D eigenvalue weighted by molar-refractivity contribution is 0.00214. The topological polar surface area (TPSA) is 68.7 Å². The molecule has 0 unspecified atom stereocenters. The van der Waals surface area contributed by atoms with Crippen LogP contribution in [0.1, 0.15) is 28.8 Å². The molecule has 27 heavy (non-hydrogen) atoms. The molecule has 1 amide bonds. The van der Waals surface area contributed by atoms with E-state index in [-0.39, 0.29) is 0 Å². The summed E-state index contributed by atoms with van der Waals surface area (Å²) in [6, 6.07) is 13.5. The van der Waals surface area contributed by atoms with Gasteiger partial charge in [0.1, 0.15) is 5.58 Å². The van der Waals surface area contributed by atoms with Crippen molar-refractivity contribution in [2.45, 2.75) is 25.6 Å². The number of carbonyl (C=O) groups excluding carboxylic acids is 1. The Labute approximate surface area is 158 Å². The zero-order valence-electron chi connectivity index (χ0n) is 15.5. The van der Waals surface area contributed by atoms with Crippen molar-refractivity contribution in [1.82, 2.24) is 4.90 Å². The number of nitrogens with zero attached hydrogens (tertiary/aromatic N) is 1. The number of hydrogen-bond donors (Lipinski definition) is 1. The van der Waals surface area contributed by atoms with Crippen LogP contribution in [0.15, 0.2) is 53.1 Å². The van der Waals surface area contributed by atoms with Crippen LogP contribution in [-0.2, 0) is 11.3 Å². The monoisotopic (exact) mass is 364 g/mol. The average Bonchev–Trinajstić information content (AvgIpc) is 3.11. The number of hydrogen-bond acceptors (Lipinski definition) is 4. The van der Waals surface area contributed by atoms with Crippen molar-refractivity contribution in [1.29, 1.82) is 0 Å². The molecule has 0 atom stereocenters. The van der Waals surface area contributed by atoms with Crippen molar-refractivity contribution < 1.29 is 13.9 Å². The third kappa shape index (κ3) is 3.89. The molecule has 5 nitrogen and oxygen atoms in total. The van der Waals surface area contributed by atoms with Gasteiger partial charge in [0.05, 0.1) is 19.0 Å². The van der Waals surface area contributed by atoms with Gasteiger partial charge in [-0.15, -0.1) is 0 Å². The maximum atomic E-state index is 11.5. The van der Waals surface area contributed by atoms with Gasteiger partial charge in [-0.2, -0.15) is 0 Å². The first-order valence-corrected chi connectivity index (χ1v) is 9.30. The number of furan rings is 1. The van der Waals surface area contributed by atoms with Crippen LogP contribution < -0.4 is 5.73 Å². The molecular weight excluding hydrogens is 340 g/mol. The van der Waals surface area contributed by atoms with Gasteiger partial charge in [0.2, 0.25) is 5.91 Å². The summed E-state index contributed by atoms with van der Waals surface area (Å²) in [4.78, 5) is 13.8. The number of amides is 1. The summed E-state index contributed by atoms with van der Waals surface area (Å²) in [5.41, 5.74) is 9.77. The minimum atomic E-state index is -0.439. The lowest BCUT2D eigenvalue weighted by Gasteiger charge is -2.28. The normalized spacial score (nSPS) is 16.0. The largest absolute Gasteiger partial charge is 0.464 e. The summed E-state index contributed by atoms with van der Waals surface area (Å²) in [7, 11) is 2.15. The standard InChI is InChI=1S/C22H24N2O3/c1-24-10-8-18(9-11-24)26-13-15-2-4-16(5-3-15)20-14-27-21-7-6-17(22(23)25)12-19(20)21/h2-7,12,14,18H,8-11,13H2,1H3,(H2,23,25). The van der Waals surface area contributed by atoms with E-state index in [1.807, 2.05) is 0 Å². The molecule has 0 radical (unpaired) electrons. The number of likely N-dealkylation sites (tertiary alicyclic amines) is 1. The molecule has 5 heteroatoms. The molecule has 0 saturated carbocycles. The van der Waals surface area contributed by atoms with E-state index in [1.165, 1.54) is 0 Å². The van der Waals surface area contributed by atoms with Crippen LogP contribution in [0.5, 0.6) is 0 Å². The van der Waals surface area contributed by atoms with Gasteiger partial charge in [-0.05, 0) is 49.2 Å². The minimum Gasteiger partial charge on any atom is -0.464 e. The van der Waals surface area contributed by atoms with Gasteiger partial charge in [-0.25, -0.2) is 0 Å². The molecule has 1 saturated heterocycles. The molecule has 2 N–H and O–H groups in total. The fraction of sp³-hybridized carbons (Fsp3) is 0.318. The Bertz CT molecular complexity index is 938. The third-order valence-electron chi connectivity index (χ3n) is 5.27. The number of primary amides is 1. The predicted octanol–water partition coefficient (Wildman–Crippen LogP) is 3.81. The van der Waals surface area contributed by atoms with Crippen LogP contribution in [0.4, 0.5) is 0 Å². The summed E-state index contributed by atoms with van der Waals surface area (Å²) in [5, 5.41) is 0.890. The van der Waals surface area contributed by atoms with Crippen LogP contribution in [0.25, 0.3) is 22.1 Å². The quantitative estimate of drug-likeness (QED) is 0.747. The highest BCUT2D eigenvalue weighted by Crippen LogP contribution is 2.31. The van der Waals surface area contributed by atoms with E-state index in [4.69, 9.17) is 14.9 Å². The van der Waals surface area contributed by atoms with Crippen molar-refractivity contribution in [2.75, 3.05) is 20.1 Å². The van der Waals surface area contributed by atoms with E-state index in [0.29, 0.717) is 18.3 Å². The third-order valence-corrected chi connectivity index (χ3v) is 5.27. The Hall–Kier alpha value is -2.63. The van der Waals surface area contributed by atoms with Gasteiger partial charge in [-0.1, -0.05) is 24.3 Å². The molecule has 1 aliphatic heterocycles. The van der Waals surface area contributed by atoms with Crippen molar-refractivity contribution in [3.8, 4) is 11.1 Å². The second kappa shape index (κ2) is 7.55. The number of rotatable bonds is 5. The van der Waals surface area contributed by atoms with Gasteiger partial charge >= 0.3 is 0 Å². The fourth-order valence-corrected chi connectivity index (χ4v) is 3.55. The number of fused-ring (bicyclic) bond motifs is 1. The molecule has 3 aromatic rings. The first kappa shape index (κ1) is 17.8. The van der Waals surface area contributed by atoms with E-state index in [0.717, 1.165) is 53.6 Å². The maximum absolute atomic E-state index is 11.5. The molecular formula is C22H24N2O3. The highest BCUT2D eigenvalue weighted by molar-refractivity contribution is 6.01. The van der Waals surface area contributed by atoms with Crippen molar-refractivity contribution >= 4 is 16.9 Å². The van der Waals surface area contributed by atoms with Crippen molar-refractivity contribution in [2.24, 2.45) is 5.73 Å². The van der Waals surface area contributed by atoms with Crippen molar-refractivity contribution in [3.05, 3.63) is 59.9 Å². The summed E-state index contributed by atoms with van der Waals surface area (Å²) in [5.74, 6) is -0.439. The predicted molar refractivity (Wildman–Crippen MR) is 105 cm³/mol. The van der Waals surface area contributed by atoms with Crippen LogP contribution >= 0.6 is 0 Å². The van der Waals surface area contributed by atoms with Gasteiger partial charge < -0.3 is 19.8 Å². The molecule has 1 fully saturated rings. The molecule has 2 heterocycles. The Morgan fingerprint density at radius 1 is 1.19 bits per heavy atom. The number of nitrogens with two attached hydrogens (primary N) is 1. The lowest BCUT2D eigenvalue weighted by Crippen LogP contribution is -2.34. The zero-order chi connectivity index (χ0) is 18.8. The Morgan fingerprint density at radius 2 is 1.93 bits per heavy atom. The molecule has 0 bridgehead atoms. The first-order chi connectivity index (χ1) is 13.1. The van der Waals surface area contributed by atoms with Crippen LogP contribution in [0, 0.1) is 0 Å². The maximum Gasteiger partial charge on any atom is 0.248 e. The summed E-state index contributed by atoms with van der Waals surface area (Å²) in [6.45, 7) is 2.83. The van der Waals surface area contributed by atoms with Crippen LogP contribution in [0.3, 0.4) is 0 Å². The Morgan fingerprint density at radius 3 is 2.63 bits per heavy atom. The second-order valence-electron chi connectivity index (χ2n) is 7.24. The average molecular weight is 364 g/mol. The van der Waals surface area contributed by atoms with Crippen molar-refractivity contribution in [3.63, 3.8) is 0 Å². The number of piperidine rings is 1. The smallest absolute Gasteiger partial charge is 0.248 e. The summed E-state index contributed by atoms with van der Waals surface area (Å²) >= 11 is 0. The summed E-state index contributed by atoms with van der Waals surface area (Å²) < 4.78 is 11.7. The first-order valence-electron chi connectivity index (χ1n) is 9.30. The molecule has 2 aromatic carbocycles. The minimum absolute atomic E-state index is 0.353. The van der Waals surface area contributed by atoms with E-state index in [2.05, 4.69) is 36.2 Å². The van der Waals surface area contributed by atoms with Gasteiger partial charge in [-0.3, -0.25) is 4.79 Å². The highest BCUT2D eigenvalue weighted by Gasteiger charge is 2.17. The van der Waals surface area contributed by atoms with E-state index in [1.54, 1.807) is 24.5 Å². The molecule has 1 aromatic heterocycles. The number of benzene rings is 2. The van der Waals surface area contributed by atoms with Gasteiger partial charge in [0.15, 0.2) is 0 Å². The molecule has 0 aliphatic carbocycles. The second-order valence-corrected chi connectivity index (χ2v) is 7.24. The summed E-state index contributed by atoms with van der Waals surface area (Å²) in [6.07, 6.45) is 4.26. The van der Waals surface area contributed by atoms with Crippen LogP contribution in [-0.4, -0.2) is 37.0 Å². The van der Waals surface area contributed by atoms with E-state index < -0.39 is 5.91 Å². The molecule has 0 spiro atoms. The van der Waals surface area contributed by atoms with E-state index >= 15 is 0 Å². The zero-order valence-corrected chi connectivity index (χ0v) is 15.5. The Kier molecular flexibility index (Phi) is 4.97. The molecule has 4 rings (SSSR count). The Balaban J connectivity index is 1.48. The van der Waals surface area contributed by atoms with Crippen LogP contribution in [0.2, 0.25) is 0 Å². The lowest BCUT2D eigenvalue weighted by atomic mass is 10.0. The highest BCUT2D eigenvalue weighted by atomic mass is 16.5. The van der Waals surface area contributed by atoms with Gasteiger partial charge in [0.25, 0.3) is 0 Å². The number of ether oxygens (including phenoxy) is 1. The van der Waals surface area contributed by atoms with E-state index in [9.17, 15) is 4.79 Å². The van der Waals surface area contributed by atoms with Gasteiger partial charge in [0, 0.05) is 29.6 Å². The molecule has 1 aliphatic rings. The molecule has 140 valence electrons.